The molecule has 2 amide bonds. The zero-order valence-electron chi connectivity index (χ0n) is 12.7. The molecule has 1 saturated heterocycles. The van der Waals surface area contributed by atoms with Gasteiger partial charge in [-0.2, -0.15) is 0 Å². The van der Waals surface area contributed by atoms with Gasteiger partial charge in [-0.3, -0.25) is 14.6 Å². The number of hydrogen-bond donors (Lipinski definition) is 2. The molecular weight excluding hydrogens is 294 g/mol. The average Bonchev–Trinajstić information content (AvgIpc) is 3.19. The summed E-state index contributed by atoms with van der Waals surface area (Å²) in [5.41, 5.74) is 1.81. The minimum Gasteiger partial charge on any atom is -0.355 e. The Bertz CT molecular complexity index is 656. The van der Waals surface area contributed by atoms with Gasteiger partial charge in [0.2, 0.25) is 11.8 Å². The molecule has 7 heteroatoms. The Morgan fingerprint density at radius 3 is 3.09 bits per heavy atom. The molecule has 3 heterocycles. The van der Waals surface area contributed by atoms with Crippen molar-refractivity contribution in [3.05, 3.63) is 48.3 Å². The second kappa shape index (κ2) is 7.04. The van der Waals surface area contributed by atoms with Crippen molar-refractivity contribution < 1.29 is 9.59 Å². The fourth-order valence-corrected chi connectivity index (χ4v) is 2.67. The summed E-state index contributed by atoms with van der Waals surface area (Å²) in [6, 6.07) is 5.61. The van der Waals surface area contributed by atoms with Crippen molar-refractivity contribution in [3.63, 3.8) is 0 Å². The molecule has 2 aromatic rings. The molecule has 0 bridgehead atoms. The number of pyridine rings is 1. The van der Waals surface area contributed by atoms with Gasteiger partial charge < -0.3 is 15.2 Å². The average molecular weight is 313 g/mol. The molecular formula is C16H19N5O2. The summed E-state index contributed by atoms with van der Waals surface area (Å²) in [6.07, 6.45) is 6.02. The maximum Gasteiger partial charge on any atom is 0.225 e. The fraction of sp³-hybridized carbons (Fsp3) is 0.375. The maximum atomic E-state index is 12.2. The normalized spacial score (nSPS) is 17.5. The number of imidazole rings is 1. The van der Waals surface area contributed by atoms with Crippen molar-refractivity contribution in [2.75, 3.05) is 13.1 Å². The fourth-order valence-electron chi connectivity index (χ4n) is 2.67. The van der Waals surface area contributed by atoms with Crippen LogP contribution in [0, 0.1) is 5.92 Å². The van der Waals surface area contributed by atoms with Crippen molar-refractivity contribution in [2.45, 2.75) is 19.4 Å². The molecule has 1 fully saturated rings. The summed E-state index contributed by atoms with van der Waals surface area (Å²) in [5, 5.41) is 2.89. The zero-order valence-corrected chi connectivity index (χ0v) is 12.7. The van der Waals surface area contributed by atoms with Crippen LogP contribution >= 0.6 is 0 Å². The molecule has 1 atom stereocenters. The van der Waals surface area contributed by atoms with Gasteiger partial charge in [0.1, 0.15) is 0 Å². The number of likely N-dealkylation sites (tertiary alicyclic amines) is 1. The summed E-state index contributed by atoms with van der Waals surface area (Å²) in [6.45, 7) is 1.44. The summed E-state index contributed by atoms with van der Waals surface area (Å²) in [4.78, 5) is 37.1. The van der Waals surface area contributed by atoms with Gasteiger partial charge in [0.05, 0.1) is 24.5 Å². The number of rotatable bonds is 6. The minimum absolute atomic E-state index is 0.00405. The van der Waals surface area contributed by atoms with Gasteiger partial charge in [-0.15, -0.1) is 0 Å². The van der Waals surface area contributed by atoms with E-state index in [2.05, 4.69) is 20.3 Å². The Morgan fingerprint density at radius 1 is 1.43 bits per heavy atom. The van der Waals surface area contributed by atoms with E-state index >= 15 is 0 Å². The molecule has 23 heavy (non-hydrogen) atoms. The van der Waals surface area contributed by atoms with Crippen molar-refractivity contribution >= 4 is 11.8 Å². The summed E-state index contributed by atoms with van der Waals surface area (Å²) in [5.74, 6) is -0.348. The Hall–Kier alpha value is -2.70. The number of amides is 2. The number of H-pyrrole nitrogens is 1. The van der Waals surface area contributed by atoms with Crippen LogP contribution in [0.15, 0.2) is 36.9 Å². The van der Waals surface area contributed by atoms with E-state index in [4.69, 9.17) is 0 Å². The molecule has 7 nitrogen and oxygen atoms in total. The molecule has 0 spiro atoms. The van der Waals surface area contributed by atoms with Crippen LogP contribution in [0.5, 0.6) is 0 Å². The van der Waals surface area contributed by atoms with Crippen LogP contribution in [0.4, 0.5) is 0 Å². The number of aromatic nitrogens is 3. The highest BCUT2D eigenvalue weighted by molar-refractivity contribution is 5.89. The van der Waals surface area contributed by atoms with E-state index in [1.807, 2.05) is 18.2 Å². The molecule has 0 radical (unpaired) electrons. The van der Waals surface area contributed by atoms with E-state index in [1.165, 1.54) is 0 Å². The van der Waals surface area contributed by atoms with Crippen molar-refractivity contribution in [1.82, 2.24) is 25.2 Å². The summed E-state index contributed by atoms with van der Waals surface area (Å²) in [7, 11) is 0. The van der Waals surface area contributed by atoms with E-state index in [1.54, 1.807) is 23.6 Å². The third-order valence-corrected chi connectivity index (χ3v) is 3.91. The number of carbonyl (C=O) groups is 2. The number of hydrogen-bond acceptors (Lipinski definition) is 4. The Balaban J connectivity index is 1.47. The molecule has 0 unspecified atom stereocenters. The summed E-state index contributed by atoms with van der Waals surface area (Å²) < 4.78 is 0. The highest BCUT2D eigenvalue weighted by Gasteiger charge is 2.34. The van der Waals surface area contributed by atoms with Gasteiger partial charge in [-0.1, -0.05) is 6.07 Å². The predicted molar refractivity (Wildman–Crippen MR) is 83.1 cm³/mol. The molecule has 0 aliphatic carbocycles. The van der Waals surface area contributed by atoms with Gasteiger partial charge in [0, 0.05) is 44.0 Å². The third-order valence-electron chi connectivity index (χ3n) is 3.91. The molecule has 2 N–H and O–H groups in total. The van der Waals surface area contributed by atoms with E-state index in [9.17, 15) is 9.59 Å². The first kappa shape index (κ1) is 15.2. The Morgan fingerprint density at radius 2 is 2.35 bits per heavy atom. The summed E-state index contributed by atoms with van der Waals surface area (Å²) >= 11 is 0. The van der Waals surface area contributed by atoms with Gasteiger partial charge in [-0.05, 0) is 12.1 Å². The highest BCUT2D eigenvalue weighted by atomic mass is 16.2. The lowest BCUT2D eigenvalue weighted by Crippen LogP contribution is -2.34. The molecule has 1 aliphatic heterocycles. The van der Waals surface area contributed by atoms with Gasteiger partial charge in [0.25, 0.3) is 0 Å². The van der Waals surface area contributed by atoms with Crippen molar-refractivity contribution in [3.8, 4) is 0 Å². The monoisotopic (exact) mass is 313 g/mol. The first-order valence-corrected chi connectivity index (χ1v) is 7.65. The van der Waals surface area contributed by atoms with Crippen LogP contribution < -0.4 is 5.32 Å². The van der Waals surface area contributed by atoms with Gasteiger partial charge >= 0.3 is 0 Å². The lowest BCUT2D eigenvalue weighted by molar-refractivity contribution is -0.129. The molecule has 120 valence electrons. The van der Waals surface area contributed by atoms with Crippen LogP contribution in [0.3, 0.4) is 0 Å². The third kappa shape index (κ3) is 3.94. The van der Waals surface area contributed by atoms with E-state index in [0.717, 1.165) is 11.4 Å². The van der Waals surface area contributed by atoms with Gasteiger partial charge in [-0.25, -0.2) is 4.98 Å². The smallest absolute Gasteiger partial charge is 0.225 e. The van der Waals surface area contributed by atoms with Crippen LogP contribution in [0.1, 0.15) is 17.8 Å². The second-order valence-corrected chi connectivity index (χ2v) is 5.61. The molecule has 2 aromatic heterocycles. The van der Waals surface area contributed by atoms with Crippen molar-refractivity contribution in [2.24, 2.45) is 5.92 Å². The first-order valence-electron chi connectivity index (χ1n) is 7.65. The molecule has 3 rings (SSSR count). The SMILES string of the molecule is O=C(NCCc1cnc[nH]1)[C@@H]1CC(=O)N(Cc2ccccn2)C1. The predicted octanol–water partition coefficient (Wildman–Crippen LogP) is 0.512. The quantitative estimate of drug-likeness (QED) is 0.813. The second-order valence-electron chi connectivity index (χ2n) is 5.61. The van der Waals surface area contributed by atoms with E-state index < -0.39 is 0 Å². The lowest BCUT2D eigenvalue weighted by Gasteiger charge is -2.16. The molecule has 0 saturated carbocycles. The zero-order chi connectivity index (χ0) is 16.1. The van der Waals surface area contributed by atoms with Crippen LogP contribution in [0.25, 0.3) is 0 Å². The van der Waals surface area contributed by atoms with Crippen LogP contribution in [-0.4, -0.2) is 44.8 Å². The van der Waals surface area contributed by atoms with Crippen LogP contribution in [-0.2, 0) is 22.6 Å². The maximum absolute atomic E-state index is 12.2. The number of nitrogens with one attached hydrogen (secondary N) is 2. The van der Waals surface area contributed by atoms with Crippen LogP contribution in [0.2, 0.25) is 0 Å². The Labute approximate surface area is 134 Å². The lowest BCUT2D eigenvalue weighted by atomic mass is 10.1. The minimum atomic E-state index is -0.284. The van der Waals surface area contributed by atoms with Crippen molar-refractivity contribution in [1.29, 1.82) is 0 Å². The number of aromatic amines is 1. The largest absolute Gasteiger partial charge is 0.355 e. The van der Waals surface area contributed by atoms with E-state index in [-0.39, 0.29) is 24.2 Å². The Kier molecular flexibility index (Phi) is 4.65. The highest BCUT2D eigenvalue weighted by Crippen LogP contribution is 2.19. The molecule has 0 aromatic carbocycles. The first-order chi connectivity index (χ1) is 11.2. The van der Waals surface area contributed by atoms with E-state index in [0.29, 0.717) is 26.1 Å². The standard InChI is InChI=1S/C16H19N5O2/c22-15-7-12(9-21(15)10-14-3-1-2-5-18-14)16(23)19-6-4-13-8-17-11-20-13/h1-3,5,8,11-12H,4,6-7,9-10H2,(H,17,20)(H,19,23)/t12-/m1/s1. The topological polar surface area (TPSA) is 91.0 Å². The number of nitrogens with zero attached hydrogens (tertiary/aromatic N) is 3. The molecule has 1 aliphatic rings. The number of carbonyl (C=O) groups excluding carboxylic acids is 2. The van der Waals surface area contributed by atoms with Gasteiger partial charge in [0.15, 0.2) is 0 Å².